The zero-order valence-electron chi connectivity index (χ0n) is 19.8. The molecule has 1 fully saturated rings. The predicted octanol–water partition coefficient (Wildman–Crippen LogP) is 3.66. The number of aryl methyl sites for hydroxylation is 1. The van der Waals surface area contributed by atoms with E-state index in [-0.39, 0.29) is 29.5 Å². The maximum atomic E-state index is 15.2. The molecule has 188 valence electrons. The van der Waals surface area contributed by atoms with Gasteiger partial charge in [-0.15, -0.1) is 0 Å². The summed E-state index contributed by atoms with van der Waals surface area (Å²) < 4.78 is 71.1. The van der Waals surface area contributed by atoms with Gasteiger partial charge in [0.2, 0.25) is 0 Å². The number of hydrogen-bond acceptors (Lipinski definition) is 7. The van der Waals surface area contributed by atoms with E-state index in [1.807, 2.05) is 20.0 Å². The Morgan fingerprint density at radius 3 is 2.60 bits per heavy atom. The summed E-state index contributed by atoms with van der Waals surface area (Å²) in [5, 5.41) is 4.26. The summed E-state index contributed by atoms with van der Waals surface area (Å²) in [6.07, 6.45) is 5.15. The molecule has 0 radical (unpaired) electrons. The van der Waals surface area contributed by atoms with Crippen LogP contribution in [0, 0.1) is 17.6 Å². The van der Waals surface area contributed by atoms with Gasteiger partial charge in [0, 0.05) is 56.7 Å². The van der Waals surface area contributed by atoms with E-state index in [0.717, 1.165) is 24.5 Å². The monoisotopic (exact) mass is 507 g/mol. The van der Waals surface area contributed by atoms with E-state index in [1.54, 1.807) is 18.0 Å². The molecule has 35 heavy (non-hydrogen) atoms. The van der Waals surface area contributed by atoms with Crippen LogP contribution in [-0.4, -0.2) is 47.0 Å². The van der Waals surface area contributed by atoms with E-state index in [2.05, 4.69) is 26.7 Å². The van der Waals surface area contributed by atoms with Crippen molar-refractivity contribution in [2.24, 2.45) is 13.0 Å². The predicted molar refractivity (Wildman–Crippen MR) is 123 cm³/mol. The highest BCUT2D eigenvalue weighted by molar-refractivity contribution is 7.92. The molecule has 0 bridgehead atoms. The van der Waals surface area contributed by atoms with Crippen LogP contribution in [0.4, 0.5) is 14.6 Å². The van der Waals surface area contributed by atoms with Gasteiger partial charge < -0.3 is 9.47 Å². The molecule has 2 heterocycles. The zero-order valence-corrected chi connectivity index (χ0v) is 20.6. The Bertz CT molecular complexity index is 1300. The summed E-state index contributed by atoms with van der Waals surface area (Å²) >= 11 is 0. The van der Waals surface area contributed by atoms with Crippen molar-refractivity contribution < 1.29 is 26.7 Å². The maximum Gasteiger partial charge on any atom is 0.266 e. The second kappa shape index (κ2) is 9.50. The van der Waals surface area contributed by atoms with Crippen molar-refractivity contribution in [3.63, 3.8) is 0 Å². The van der Waals surface area contributed by atoms with Crippen molar-refractivity contribution in [1.82, 2.24) is 19.7 Å². The number of hydrogen-bond donors (Lipinski definition) is 1. The van der Waals surface area contributed by atoms with Crippen LogP contribution in [-0.2, 0) is 21.8 Å². The molecule has 0 aliphatic heterocycles. The first-order chi connectivity index (χ1) is 16.5. The Hall–Kier alpha value is -3.12. The third kappa shape index (κ3) is 4.98. The highest BCUT2D eigenvalue weighted by atomic mass is 32.2. The summed E-state index contributed by atoms with van der Waals surface area (Å²) in [7, 11) is -1.03. The van der Waals surface area contributed by atoms with Crippen molar-refractivity contribution in [3.8, 4) is 5.75 Å². The summed E-state index contributed by atoms with van der Waals surface area (Å²) in [6, 6.07) is 4.54. The molecule has 1 saturated carbocycles. The van der Waals surface area contributed by atoms with Crippen molar-refractivity contribution in [2.75, 3.05) is 11.8 Å². The fraction of sp³-hybridized carbons (Fsp3) is 0.435. The first-order valence-electron chi connectivity index (χ1n) is 11.0. The van der Waals surface area contributed by atoms with Crippen LogP contribution >= 0.6 is 0 Å². The molecule has 12 heteroatoms. The Kier molecular flexibility index (Phi) is 6.78. The summed E-state index contributed by atoms with van der Waals surface area (Å²) in [5.41, 5.74) is -0.0948. The standard InChI is InChI=1S/C23H27F2N5O4S/c1-14-9-15(33-4)12-23(2,22(14)18-5-8-28-30(18)3)34-19-10-17(25)20(11-16(19)24)35(31,32)29-21-6-7-26-13-27-21/h5-8,10-11,13-15,22H,9,12H2,1-4H3,(H,26,27,29)/t14-,15-,22+,23+/m0/s1. The largest absolute Gasteiger partial charge is 0.484 e. The fourth-order valence-electron chi connectivity index (χ4n) is 4.98. The van der Waals surface area contributed by atoms with E-state index in [9.17, 15) is 8.42 Å². The first kappa shape index (κ1) is 25.0. The molecule has 1 aliphatic carbocycles. The van der Waals surface area contributed by atoms with Crippen LogP contribution in [0.5, 0.6) is 5.75 Å². The lowest BCUT2D eigenvalue weighted by molar-refractivity contribution is -0.0692. The maximum absolute atomic E-state index is 15.2. The molecule has 4 atom stereocenters. The number of aromatic nitrogens is 4. The number of benzene rings is 1. The van der Waals surface area contributed by atoms with Crippen molar-refractivity contribution in [2.45, 2.75) is 49.2 Å². The third-order valence-electron chi connectivity index (χ3n) is 6.45. The summed E-state index contributed by atoms with van der Waals surface area (Å²) in [5.74, 6) is -2.75. The minimum atomic E-state index is -4.45. The van der Waals surface area contributed by atoms with E-state index in [1.165, 1.54) is 12.3 Å². The zero-order chi connectivity index (χ0) is 25.4. The van der Waals surface area contributed by atoms with Gasteiger partial charge in [-0.2, -0.15) is 5.10 Å². The summed E-state index contributed by atoms with van der Waals surface area (Å²) in [6.45, 7) is 3.88. The number of anilines is 1. The van der Waals surface area contributed by atoms with Gasteiger partial charge >= 0.3 is 0 Å². The Labute approximate surface area is 202 Å². The molecule has 1 aromatic carbocycles. The molecule has 0 saturated heterocycles. The van der Waals surface area contributed by atoms with E-state index in [0.29, 0.717) is 12.5 Å². The molecule has 9 nitrogen and oxygen atoms in total. The second-order valence-corrected chi connectivity index (χ2v) is 10.6. The van der Waals surface area contributed by atoms with Crippen LogP contribution in [0.25, 0.3) is 0 Å². The Morgan fingerprint density at radius 1 is 1.20 bits per heavy atom. The Balaban J connectivity index is 1.69. The second-order valence-electron chi connectivity index (χ2n) is 8.96. The van der Waals surface area contributed by atoms with Crippen LogP contribution in [0.15, 0.2) is 47.9 Å². The molecular formula is C23H27F2N5O4S. The van der Waals surface area contributed by atoms with Gasteiger partial charge in [0.15, 0.2) is 11.6 Å². The lowest BCUT2D eigenvalue weighted by Gasteiger charge is -2.47. The number of sulfonamides is 1. The number of ether oxygens (including phenoxy) is 2. The van der Waals surface area contributed by atoms with Gasteiger partial charge in [-0.1, -0.05) is 6.92 Å². The quantitative estimate of drug-likeness (QED) is 0.520. The molecule has 0 amide bonds. The minimum absolute atomic E-state index is 0.0755. The minimum Gasteiger partial charge on any atom is -0.484 e. The van der Waals surface area contributed by atoms with Crippen LogP contribution in [0.2, 0.25) is 0 Å². The highest BCUT2D eigenvalue weighted by Gasteiger charge is 2.48. The molecule has 0 unspecified atom stereocenters. The summed E-state index contributed by atoms with van der Waals surface area (Å²) in [4.78, 5) is 6.58. The van der Waals surface area contributed by atoms with E-state index >= 15 is 8.78 Å². The molecular weight excluding hydrogens is 480 g/mol. The van der Waals surface area contributed by atoms with Gasteiger partial charge in [-0.3, -0.25) is 9.40 Å². The molecule has 3 aromatic rings. The number of rotatable bonds is 7. The van der Waals surface area contributed by atoms with Crippen molar-refractivity contribution in [1.29, 1.82) is 0 Å². The Morgan fingerprint density at radius 2 is 1.97 bits per heavy atom. The van der Waals surface area contributed by atoms with E-state index < -0.39 is 32.2 Å². The smallest absolute Gasteiger partial charge is 0.266 e. The fourth-order valence-corrected chi connectivity index (χ4v) is 6.06. The molecule has 1 aliphatic rings. The van der Waals surface area contributed by atoms with Crippen LogP contribution in [0.3, 0.4) is 0 Å². The lowest BCUT2D eigenvalue weighted by Crippen LogP contribution is -2.50. The third-order valence-corrected chi connectivity index (χ3v) is 7.82. The van der Waals surface area contributed by atoms with Crippen molar-refractivity contribution >= 4 is 15.8 Å². The van der Waals surface area contributed by atoms with Crippen LogP contribution < -0.4 is 9.46 Å². The van der Waals surface area contributed by atoms with Crippen molar-refractivity contribution in [3.05, 3.63) is 60.3 Å². The van der Waals surface area contributed by atoms with E-state index in [4.69, 9.17) is 9.47 Å². The lowest BCUT2D eigenvalue weighted by atomic mass is 9.67. The number of methoxy groups -OCH3 is 1. The van der Waals surface area contributed by atoms with Gasteiger partial charge in [0.05, 0.1) is 6.10 Å². The topological polar surface area (TPSA) is 108 Å². The normalized spacial score (nSPS) is 24.8. The SMILES string of the molecule is CO[C@H]1C[C@H](C)[C@H](c2ccnn2C)[C@](C)(Oc2cc(F)c(S(=O)(=O)Nc3ccncn3)cc2F)C1. The van der Waals surface area contributed by atoms with Gasteiger partial charge in [0.25, 0.3) is 10.0 Å². The number of nitrogens with one attached hydrogen (secondary N) is 1. The number of nitrogens with zero attached hydrogens (tertiary/aromatic N) is 4. The molecule has 0 spiro atoms. The first-order valence-corrected chi connectivity index (χ1v) is 12.5. The van der Waals surface area contributed by atoms with Gasteiger partial charge in [-0.25, -0.2) is 27.2 Å². The average molecular weight is 508 g/mol. The van der Waals surface area contributed by atoms with Crippen LogP contribution in [0.1, 0.15) is 38.3 Å². The molecule has 2 aromatic heterocycles. The molecule has 1 N–H and O–H groups in total. The van der Waals surface area contributed by atoms with Gasteiger partial charge in [-0.05, 0) is 31.4 Å². The highest BCUT2D eigenvalue weighted by Crippen LogP contribution is 2.48. The number of halogens is 2. The molecule has 4 rings (SSSR count). The van der Waals surface area contributed by atoms with Gasteiger partial charge in [0.1, 0.15) is 28.5 Å². The average Bonchev–Trinajstić information content (AvgIpc) is 3.20.